The minimum Gasteiger partial charge on any atom is -0.339 e. The van der Waals surface area contributed by atoms with Crippen molar-refractivity contribution in [1.82, 2.24) is 14.9 Å². The van der Waals surface area contributed by atoms with Crippen LogP contribution in [-0.2, 0) is 24.1 Å². The van der Waals surface area contributed by atoms with Crippen molar-refractivity contribution in [2.45, 2.75) is 51.5 Å². The van der Waals surface area contributed by atoms with Crippen LogP contribution < -0.4 is 5.56 Å². The second-order valence-electron chi connectivity index (χ2n) is 7.49. The van der Waals surface area contributed by atoms with Crippen LogP contribution in [0.25, 0.3) is 10.2 Å². The van der Waals surface area contributed by atoms with E-state index in [0.29, 0.717) is 18.7 Å². The standard InChI is InChI=1S/C22H25N3O2S/c1-14(15-8-4-3-5-9-15)25(2)19(26)13-12-18-23-21(27)20-16-10-6-7-11-17(16)28-22(20)24-18/h3-5,8-9,14H,6-7,10-13H2,1-2H3,(H,23,24,27). The lowest BCUT2D eigenvalue weighted by Gasteiger charge is -2.25. The number of nitrogens with one attached hydrogen (secondary N) is 1. The maximum absolute atomic E-state index is 12.6. The number of carbonyl (C=O) groups is 1. The first-order chi connectivity index (χ1) is 13.5. The molecule has 5 nitrogen and oxygen atoms in total. The Balaban J connectivity index is 1.48. The van der Waals surface area contributed by atoms with Crippen molar-refractivity contribution in [3.05, 3.63) is 62.5 Å². The lowest BCUT2D eigenvalue weighted by atomic mass is 9.97. The van der Waals surface area contributed by atoms with Crippen LogP contribution in [0.1, 0.15) is 54.1 Å². The van der Waals surface area contributed by atoms with E-state index in [1.54, 1.807) is 16.2 Å². The molecule has 1 aliphatic carbocycles. The first-order valence-corrected chi connectivity index (χ1v) is 10.7. The third-order valence-corrected chi connectivity index (χ3v) is 6.89. The highest BCUT2D eigenvalue weighted by Gasteiger charge is 2.21. The number of carbonyl (C=O) groups excluding carboxylic acids is 1. The normalized spacial score (nSPS) is 14.6. The van der Waals surface area contributed by atoms with Crippen molar-refractivity contribution in [1.29, 1.82) is 0 Å². The number of hydrogen-bond donors (Lipinski definition) is 1. The highest BCUT2D eigenvalue weighted by Crippen LogP contribution is 2.33. The molecular weight excluding hydrogens is 370 g/mol. The van der Waals surface area contributed by atoms with Crippen molar-refractivity contribution < 1.29 is 4.79 Å². The molecule has 2 aromatic heterocycles. The van der Waals surface area contributed by atoms with Crippen LogP contribution in [0.5, 0.6) is 0 Å². The average Bonchev–Trinajstić information content (AvgIpc) is 3.10. The fraction of sp³-hybridized carbons (Fsp3) is 0.409. The predicted molar refractivity (Wildman–Crippen MR) is 113 cm³/mol. The van der Waals surface area contributed by atoms with Gasteiger partial charge in [-0.15, -0.1) is 11.3 Å². The van der Waals surface area contributed by atoms with Gasteiger partial charge in [0.15, 0.2) is 0 Å². The molecule has 0 saturated heterocycles. The first-order valence-electron chi connectivity index (χ1n) is 9.88. The van der Waals surface area contributed by atoms with Gasteiger partial charge in [-0.05, 0) is 43.7 Å². The van der Waals surface area contributed by atoms with Crippen molar-refractivity contribution in [3.63, 3.8) is 0 Å². The number of rotatable bonds is 5. The van der Waals surface area contributed by atoms with Gasteiger partial charge in [0.05, 0.1) is 11.4 Å². The zero-order valence-corrected chi connectivity index (χ0v) is 17.1. The summed E-state index contributed by atoms with van der Waals surface area (Å²) in [7, 11) is 1.83. The largest absolute Gasteiger partial charge is 0.339 e. The maximum atomic E-state index is 12.6. The number of benzene rings is 1. The number of aryl methyl sites for hydroxylation is 3. The molecule has 146 valence electrons. The monoisotopic (exact) mass is 395 g/mol. The third-order valence-electron chi connectivity index (χ3n) is 5.71. The SMILES string of the molecule is CC(c1ccccc1)N(C)C(=O)CCc1nc2sc3c(c2c(=O)[nH]1)CCCC3. The summed E-state index contributed by atoms with van der Waals surface area (Å²) in [6.45, 7) is 2.02. The Morgan fingerprint density at radius 3 is 2.79 bits per heavy atom. The van der Waals surface area contributed by atoms with Crippen LogP contribution in [0.3, 0.4) is 0 Å². The Morgan fingerprint density at radius 1 is 1.25 bits per heavy atom. The molecule has 1 atom stereocenters. The highest BCUT2D eigenvalue weighted by atomic mass is 32.1. The summed E-state index contributed by atoms with van der Waals surface area (Å²) >= 11 is 1.64. The fourth-order valence-electron chi connectivity index (χ4n) is 3.90. The maximum Gasteiger partial charge on any atom is 0.259 e. The molecule has 0 aliphatic heterocycles. The Morgan fingerprint density at radius 2 is 2.00 bits per heavy atom. The van der Waals surface area contributed by atoms with Crippen LogP contribution in [0.4, 0.5) is 0 Å². The fourth-order valence-corrected chi connectivity index (χ4v) is 5.18. The molecule has 1 aromatic carbocycles. The van der Waals surface area contributed by atoms with Gasteiger partial charge in [0.1, 0.15) is 10.7 Å². The number of hydrogen-bond acceptors (Lipinski definition) is 4. The summed E-state index contributed by atoms with van der Waals surface area (Å²) in [6, 6.07) is 9.99. The molecule has 0 radical (unpaired) electrons. The molecule has 3 aromatic rings. The summed E-state index contributed by atoms with van der Waals surface area (Å²) in [6.07, 6.45) is 5.11. The Labute approximate surface area is 168 Å². The average molecular weight is 396 g/mol. The van der Waals surface area contributed by atoms with Gasteiger partial charge >= 0.3 is 0 Å². The molecule has 0 spiro atoms. The predicted octanol–water partition coefficient (Wildman–Crippen LogP) is 4.02. The van der Waals surface area contributed by atoms with Gasteiger partial charge < -0.3 is 9.88 Å². The van der Waals surface area contributed by atoms with E-state index in [4.69, 9.17) is 0 Å². The van der Waals surface area contributed by atoms with Gasteiger partial charge in [-0.3, -0.25) is 9.59 Å². The molecule has 4 rings (SSSR count). The molecular formula is C22H25N3O2S. The number of amides is 1. The van der Waals surface area contributed by atoms with E-state index < -0.39 is 0 Å². The molecule has 0 saturated carbocycles. The van der Waals surface area contributed by atoms with E-state index in [0.717, 1.165) is 35.0 Å². The van der Waals surface area contributed by atoms with Crippen molar-refractivity contribution >= 4 is 27.5 Å². The quantitative estimate of drug-likeness (QED) is 0.710. The summed E-state index contributed by atoms with van der Waals surface area (Å²) < 4.78 is 0. The van der Waals surface area contributed by atoms with Crippen LogP contribution >= 0.6 is 11.3 Å². The van der Waals surface area contributed by atoms with E-state index >= 15 is 0 Å². The topological polar surface area (TPSA) is 66.1 Å². The second kappa shape index (κ2) is 7.87. The molecule has 1 N–H and O–H groups in total. The van der Waals surface area contributed by atoms with E-state index in [9.17, 15) is 9.59 Å². The highest BCUT2D eigenvalue weighted by molar-refractivity contribution is 7.18. The molecule has 28 heavy (non-hydrogen) atoms. The number of H-pyrrole nitrogens is 1. The zero-order valence-electron chi connectivity index (χ0n) is 16.3. The van der Waals surface area contributed by atoms with Gasteiger partial charge in [0.25, 0.3) is 5.56 Å². The molecule has 2 heterocycles. The first kappa shape index (κ1) is 18.9. The minimum absolute atomic E-state index is 0.00668. The van der Waals surface area contributed by atoms with E-state index in [1.165, 1.54) is 16.9 Å². The summed E-state index contributed by atoms with van der Waals surface area (Å²) in [5, 5.41) is 0.768. The van der Waals surface area contributed by atoms with Crippen LogP contribution in [0, 0.1) is 0 Å². The minimum atomic E-state index is -0.0575. The molecule has 0 bridgehead atoms. The molecule has 6 heteroatoms. The van der Waals surface area contributed by atoms with Gasteiger partial charge in [0.2, 0.25) is 5.91 Å². The number of aromatic nitrogens is 2. The zero-order chi connectivity index (χ0) is 19.7. The smallest absolute Gasteiger partial charge is 0.259 e. The third kappa shape index (κ3) is 3.61. The summed E-state index contributed by atoms with van der Waals surface area (Å²) in [5.41, 5.74) is 2.24. The van der Waals surface area contributed by atoms with Gasteiger partial charge in [-0.1, -0.05) is 30.3 Å². The second-order valence-corrected chi connectivity index (χ2v) is 8.58. The molecule has 1 amide bonds. The van der Waals surface area contributed by atoms with Crippen molar-refractivity contribution in [3.8, 4) is 0 Å². The van der Waals surface area contributed by atoms with Gasteiger partial charge in [0, 0.05) is 24.8 Å². The lowest BCUT2D eigenvalue weighted by molar-refractivity contribution is -0.131. The Bertz CT molecular complexity index is 1050. The Hall–Kier alpha value is -2.47. The van der Waals surface area contributed by atoms with Crippen LogP contribution in [-0.4, -0.2) is 27.8 Å². The van der Waals surface area contributed by atoms with Crippen molar-refractivity contribution in [2.75, 3.05) is 7.05 Å². The number of aromatic amines is 1. The van der Waals surface area contributed by atoms with Crippen LogP contribution in [0.2, 0.25) is 0 Å². The van der Waals surface area contributed by atoms with Gasteiger partial charge in [-0.25, -0.2) is 4.98 Å². The molecule has 0 fully saturated rings. The number of nitrogens with zero attached hydrogens (tertiary/aromatic N) is 2. The van der Waals surface area contributed by atoms with Crippen molar-refractivity contribution in [2.24, 2.45) is 0 Å². The Kier molecular flexibility index (Phi) is 5.31. The lowest BCUT2D eigenvalue weighted by Crippen LogP contribution is -2.30. The van der Waals surface area contributed by atoms with E-state index in [-0.39, 0.29) is 17.5 Å². The van der Waals surface area contributed by atoms with Crippen LogP contribution in [0.15, 0.2) is 35.1 Å². The van der Waals surface area contributed by atoms with Gasteiger partial charge in [-0.2, -0.15) is 0 Å². The molecule has 1 unspecified atom stereocenters. The number of fused-ring (bicyclic) bond motifs is 3. The summed E-state index contributed by atoms with van der Waals surface area (Å²) in [5.74, 6) is 0.648. The number of thiophene rings is 1. The summed E-state index contributed by atoms with van der Waals surface area (Å²) in [4.78, 5) is 36.7. The van der Waals surface area contributed by atoms with E-state index in [2.05, 4.69) is 9.97 Å². The van der Waals surface area contributed by atoms with E-state index in [1.807, 2.05) is 44.3 Å². The molecule has 1 aliphatic rings.